The first-order valence-electron chi connectivity index (χ1n) is 5.69. The van der Waals surface area contributed by atoms with Gasteiger partial charge in [0.2, 0.25) is 5.91 Å². The molecule has 2 rings (SSSR count). The Balaban J connectivity index is 2.40. The van der Waals surface area contributed by atoms with Crippen LogP contribution in [0.2, 0.25) is 0 Å². The molecule has 0 bridgehead atoms. The normalized spacial score (nSPS) is 19.4. The smallest absolute Gasteiger partial charge is 0.307 e. The number of carbonyl (C=O) groups excluding carboxylic acids is 1. The number of aromatic nitrogens is 2. The number of amides is 1. The number of nitriles is 1. The van der Waals surface area contributed by atoms with Gasteiger partial charge >= 0.3 is 10.2 Å². The minimum absolute atomic E-state index is 0.0356. The monoisotopic (exact) mass is 302 g/mol. The van der Waals surface area contributed by atoms with Gasteiger partial charge in [-0.2, -0.15) is 18.8 Å². The third-order valence-corrected chi connectivity index (χ3v) is 4.10. The predicted octanol–water partition coefficient (Wildman–Crippen LogP) is -0.848. The zero-order chi connectivity index (χ0) is 14.9. The second-order valence-corrected chi connectivity index (χ2v) is 5.86. The Kier molecular flexibility index (Phi) is 3.74. The lowest BCUT2D eigenvalue weighted by atomic mass is 10.3. The zero-order valence-corrected chi connectivity index (χ0v) is 11.0. The fourth-order valence-electron chi connectivity index (χ4n) is 2.07. The van der Waals surface area contributed by atoms with E-state index in [1.807, 2.05) is 6.07 Å². The molecule has 10 heteroatoms. The number of anilines is 1. The fourth-order valence-corrected chi connectivity index (χ4v) is 2.74. The molecule has 1 unspecified atom stereocenters. The molecule has 2 heterocycles. The quantitative estimate of drug-likeness (QED) is 0.724. The zero-order valence-electron chi connectivity index (χ0n) is 10.2. The van der Waals surface area contributed by atoms with Gasteiger partial charge in [-0.1, -0.05) is 0 Å². The van der Waals surface area contributed by atoms with E-state index < -0.39 is 27.8 Å². The SMILES string of the molecule is N#Cc1cnn(CCO)c1N1CC(S(=O)(=O)F)CC1=O. The number of hydrogen-bond acceptors (Lipinski definition) is 6. The maximum atomic E-state index is 13.0. The van der Waals surface area contributed by atoms with Crippen molar-refractivity contribution in [1.82, 2.24) is 9.78 Å². The van der Waals surface area contributed by atoms with Crippen molar-refractivity contribution in [2.75, 3.05) is 18.1 Å². The van der Waals surface area contributed by atoms with E-state index >= 15 is 0 Å². The van der Waals surface area contributed by atoms with Crippen molar-refractivity contribution in [1.29, 1.82) is 5.26 Å². The summed E-state index contributed by atoms with van der Waals surface area (Å²) in [7, 11) is -4.83. The van der Waals surface area contributed by atoms with Gasteiger partial charge in [0.15, 0.2) is 5.82 Å². The third kappa shape index (κ3) is 2.50. The highest BCUT2D eigenvalue weighted by Gasteiger charge is 2.41. The van der Waals surface area contributed by atoms with Crippen molar-refractivity contribution in [3.05, 3.63) is 11.8 Å². The molecule has 20 heavy (non-hydrogen) atoms. The summed E-state index contributed by atoms with van der Waals surface area (Å²) in [5.41, 5.74) is 0.0590. The van der Waals surface area contributed by atoms with Gasteiger partial charge in [0.1, 0.15) is 16.9 Å². The molecule has 1 aromatic heterocycles. The van der Waals surface area contributed by atoms with Crippen LogP contribution in [0.3, 0.4) is 0 Å². The summed E-state index contributed by atoms with van der Waals surface area (Å²) in [4.78, 5) is 12.9. The van der Waals surface area contributed by atoms with Crippen molar-refractivity contribution in [3.8, 4) is 6.07 Å². The topological polar surface area (TPSA) is 116 Å². The molecular weight excluding hydrogens is 291 g/mol. The Morgan fingerprint density at radius 3 is 2.80 bits per heavy atom. The predicted molar refractivity (Wildman–Crippen MR) is 64.8 cm³/mol. The van der Waals surface area contributed by atoms with E-state index in [1.54, 1.807) is 0 Å². The Bertz CT molecular complexity index is 678. The average Bonchev–Trinajstić information content (AvgIpc) is 2.92. The van der Waals surface area contributed by atoms with Gasteiger partial charge in [0.05, 0.1) is 19.3 Å². The van der Waals surface area contributed by atoms with Gasteiger partial charge in [0, 0.05) is 13.0 Å². The second-order valence-electron chi connectivity index (χ2n) is 4.25. The summed E-state index contributed by atoms with van der Waals surface area (Å²) in [6.07, 6.45) is 0.726. The minimum atomic E-state index is -4.83. The molecule has 1 atom stereocenters. The van der Waals surface area contributed by atoms with Crippen LogP contribution in [0.4, 0.5) is 9.70 Å². The number of hydrogen-bond donors (Lipinski definition) is 1. The number of rotatable bonds is 4. The van der Waals surface area contributed by atoms with Crippen LogP contribution in [0, 0.1) is 11.3 Å². The molecule has 1 N–H and O–H groups in total. The molecule has 0 radical (unpaired) electrons. The lowest BCUT2D eigenvalue weighted by Crippen LogP contribution is -2.30. The first-order chi connectivity index (χ1) is 9.38. The van der Waals surface area contributed by atoms with E-state index in [0.29, 0.717) is 0 Å². The largest absolute Gasteiger partial charge is 0.394 e. The molecule has 1 aromatic rings. The van der Waals surface area contributed by atoms with E-state index in [4.69, 9.17) is 10.4 Å². The molecule has 1 aliphatic rings. The highest BCUT2D eigenvalue weighted by atomic mass is 32.3. The first kappa shape index (κ1) is 14.4. The maximum Gasteiger partial charge on any atom is 0.307 e. The van der Waals surface area contributed by atoms with Crippen LogP contribution in [-0.4, -0.2) is 47.6 Å². The molecule has 108 valence electrons. The summed E-state index contributed by atoms with van der Waals surface area (Å²) in [6, 6.07) is 1.82. The summed E-state index contributed by atoms with van der Waals surface area (Å²) in [6.45, 7) is -0.607. The van der Waals surface area contributed by atoms with Crippen LogP contribution in [0.25, 0.3) is 0 Å². The van der Waals surface area contributed by atoms with E-state index in [9.17, 15) is 17.1 Å². The molecule has 0 aliphatic carbocycles. The van der Waals surface area contributed by atoms with E-state index in [1.165, 1.54) is 10.9 Å². The minimum Gasteiger partial charge on any atom is -0.394 e. The number of halogens is 1. The number of nitrogens with zero attached hydrogens (tertiary/aromatic N) is 4. The van der Waals surface area contributed by atoms with Crippen LogP contribution in [-0.2, 0) is 21.6 Å². The average molecular weight is 302 g/mol. The van der Waals surface area contributed by atoms with Crippen LogP contribution in [0.15, 0.2) is 6.20 Å². The van der Waals surface area contributed by atoms with Crippen molar-refractivity contribution < 1.29 is 22.2 Å². The van der Waals surface area contributed by atoms with Gasteiger partial charge in [-0.05, 0) is 0 Å². The van der Waals surface area contributed by atoms with E-state index in [0.717, 1.165) is 4.90 Å². The second kappa shape index (κ2) is 5.18. The van der Waals surface area contributed by atoms with E-state index in [-0.39, 0.29) is 31.1 Å². The summed E-state index contributed by atoms with van der Waals surface area (Å²) in [5.74, 6) is -0.523. The Morgan fingerprint density at radius 2 is 2.30 bits per heavy atom. The maximum absolute atomic E-state index is 13.0. The molecule has 8 nitrogen and oxygen atoms in total. The molecule has 1 aliphatic heterocycles. The summed E-state index contributed by atoms with van der Waals surface area (Å²) in [5, 5.41) is 20.3. The molecule has 0 aromatic carbocycles. The highest BCUT2D eigenvalue weighted by molar-refractivity contribution is 7.87. The van der Waals surface area contributed by atoms with Crippen molar-refractivity contribution in [2.45, 2.75) is 18.2 Å². The molecule has 0 spiro atoms. The van der Waals surface area contributed by atoms with Crippen LogP contribution in [0.5, 0.6) is 0 Å². The van der Waals surface area contributed by atoms with Crippen LogP contribution >= 0.6 is 0 Å². The van der Waals surface area contributed by atoms with Crippen LogP contribution in [0.1, 0.15) is 12.0 Å². The van der Waals surface area contributed by atoms with Gasteiger partial charge in [-0.15, -0.1) is 3.89 Å². The molecule has 1 saturated heterocycles. The van der Waals surface area contributed by atoms with Gasteiger partial charge in [-0.3, -0.25) is 9.69 Å². The summed E-state index contributed by atoms with van der Waals surface area (Å²) >= 11 is 0. The highest BCUT2D eigenvalue weighted by Crippen LogP contribution is 2.28. The van der Waals surface area contributed by atoms with Crippen molar-refractivity contribution in [3.63, 3.8) is 0 Å². The number of carbonyl (C=O) groups is 1. The molecule has 1 fully saturated rings. The molecule has 1 amide bonds. The van der Waals surface area contributed by atoms with Gasteiger partial charge in [-0.25, -0.2) is 4.68 Å². The Morgan fingerprint density at radius 1 is 1.60 bits per heavy atom. The van der Waals surface area contributed by atoms with Crippen molar-refractivity contribution >= 4 is 21.9 Å². The number of aliphatic hydroxyl groups excluding tert-OH is 1. The Labute approximate surface area is 114 Å². The van der Waals surface area contributed by atoms with E-state index in [2.05, 4.69) is 5.10 Å². The number of aliphatic hydroxyl groups is 1. The lowest BCUT2D eigenvalue weighted by molar-refractivity contribution is -0.117. The third-order valence-electron chi connectivity index (χ3n) is 2.99. The lowest BCUT2D eigenvalue weighted by Gasteiger charge is -2.17. The first-order valence-corrected chi connectivity index (χ1v) is 7.13. The molecule has 0 saturated carbocycles. The van der Waals surface area contributed by atoms with Gasteiger partial charge < -0.3 is 5.11 Å². The van der Waals surface area contributed by atoms with Crippen molar-refractivity contribution in [2.24, 2.45) is 0 Å². The standard InChI is InChI=1S/C10H11FN4O4S/c11-20(18,19)8-3-9(17)14(6-8)10-7(4-12)5-13-15(10)1-2-16/h5,8,16H,1-3,6H2. The fraction of sp³-hybridized carbons (Fsp3) is 0.500. The summed E-state index contributed by atoms with van der Waals surface area (Å²) < 4.78 is 36.0. The van der Waals surface area contributed by atoms with Gasteiger partial charge in [0.25, 0.3) is 0 Å². The Hall–Kier alpha value is -1.99. The molecular formula is C10H11FN4O4S. The van der Waals surface area contributed by atoms with Crippen LogP contribution < -0.4 is 4.90 Å².